The van der Waals surface area contributed by atoms with E-state index in [0.29, 0.717) is 66.3 Å². The summed E-state index contributed by atoms with van der Waals surface area (Å²) in [6.07, 6.45) is 0. The van der Waals surface area contributed by atoms with Crippen LogP contribution in [0, 0.1) is 0 Å². The molecule has 1 heterocycles. The zero-order valence-electron chi connectivity index (χ0n) is 42.9. The second kappa shape index (κ2) is 12.9. The van der Waals surface area contributed by atoms with Gasteiger partial charge in [0.2, 0.25) is 0 Å². The summed E-state index contributed by atoms with van der Waals surface area (Å²) < 4.78 is 131. The Morgan fingerprint density at radius 3 is 1.70 bits per heavy atom. The molecule has 0 aliphatic carbocycles. The zero-order chi connectivity index (χ0) is 48.2. The standard InChI is InChI=1S/C51H34N2/c1-4-17-35(18-5-1)38-23-16-24-40(33-38)49-41-25-10-11-26-42(41)50(43-32-31-39(34-45(43)49)36-19-6-2-7-20-36)44-27-12-14-29-47(44)53-48-30-15-13-28-46(48)52-51(53)37-21-8-3-9-22-37/h1-34H/i1D,2D,3D,4D,5D,6D,7D,8D,9D,17D,18D,19D,20D,21D,22D. The molecule has 0 radical (unpaired) electrons. The van der Waals surface area contributed by atoms with E-state index in [1.54, 1.807) is 47.0 Å². The van der Waals surface area contributed by atoms with E-state index in [4.69, 9.17) is 25.5 Å². The lowest BCUT2D eigenvalue weighted by atomic mass is 9.84. The predicted octanol–water partition coefficient (Wildman–Crippen LogP) is 13.7. The maximum atomic E-state index is 8.99. The van der Waals surface area contributed by atoms with Crippen molar-refractivity contribution in [1.29, 1.82) is 0 Å². The number of aromatic nitrogens is 2. The second-order valence-electron chi connectivity index (χ2n) is 12.4. The monoisotopic (exact) mass is 689 g/mol. The third kappa shape index (κ3) is 5.32. The van der Waals surface area contributed by atoms with Gasteiger partial charge in [0, 0.05) is 11.1 Å². The van der Waals surface area contributed by atoms with Crippen molar-refractivity contribution in [3.05, 3.63) is 206 Å². The summed E-state index contributed by atoms with van der Waals surface area (Å²) in [5.41, 5.74) is 4.86. The average molecular weight is 690 g/mol. The van der Waals surface area contributed by atoms with Gasteiger partial charge in [-0.3, -0.25) is 4.57 Å². The van der Waals surface area contributed by atoms with Gasteiger partial charge < -0.3 is 0 Å². The van der Waals surface area contributed by atoms with Crippen LogP contribution in [0.3, 0.4) is 0 Å². The fraction of sp³-hybridized carbons (Fsp3) is 0. The molecule has 0 spiro atoms. The Balaban J connectivity index is 1.34. The first-order chi connectivity index (χ1) is 32.5. The Hall–Kier alpha value is -7.03. The van der Waals surface area contributed by atoms with Gasteiger partial charge in [0.25, 0.3) is 0 Å². The molecule has 10 aromatic rings. The number of fused-ring (bicyclic) bond motifs is 3. The molecule has 9 aromatic carbocycles. The number of hydrogen-bond acceptors (Lipinski definition) is 1. The highest BCUT2D eigenvalue weighted by molar-refractivity contribution is 6.22. The van der Waals surface area contributed by atoms with Crippen LogP contribution in [0.4, 0.5) is 0 Å². The first kappa shape index (κ1) is 19.0. The van der Waals surface area contributed by atoms with E-state index < -0.39 is 78.6 Å². The Morgan fingerprint density at radius 1 is 0.396 bits per heavy atom. The summed E-state index contributed by atoms with van der Waals surface area (Å²) in [6.45, 7) is 0. The Kier molecular flexibility index (Phi) is 4.64. The molecule has 0 atom stereocenters. The number of imidazole rings is 1. The van der Waals surface area contributed by atoms with Gasteiger partial charge in [-0.25, -0.2) is 4.98 Å². The maximum Gasteiger partial charge on any atom is 0.145 e. The van der Waals surface area contributed by atoms with E-state index in [1.807, 2.05) is 72.8 Å². The minimum Gasteiger partial charge on any atom is -0.292 e. The molecule has 2 nitrogen and oxygen atoms in total. The summed E-state index contributed by atoms with van der Waals surface area (Å²) >= 11 is 0. The smallest absolute Gasteiger partial charge is 0.145 e. The van der Waals surface area contributed by atoms with Gasteiger partial charge in [-0.1, -0.05) is 176 Å². The van der Waals surface area contributed by atoms with Gasteiger partial charge in [-0.05, 0) is 90.8 Å². The van der Waals surface area contributed by atoms with Crippen LogP contribution in [0.2, 0.25) is 0 Å². The molecular formula is C51H34N2. The fourth-order valence-electron chi connectivity index (χ4n) is 7.23. The van der Waals surface area contributed by atoms with Crippen LogP contribution in [0.5, 0.6) is 0 Å². The highest BCUT2D eigenvalue weighted by Gasteiger charge is 2.22. The zero-order valence-corrected chi connectivity index (χ0v) is 27.9. The summed E-state index contributed by atoms with van der Waals surface area (Å²) in [5, 5.41) is 2.70. The quantitative estimate of drug-likeness (QED) is 0.159. The molecule has 2 heteroatoms. The topological polar surface area (TPSA) is 17.8 Å². The van der Waals surface area contributed by atoms with E-state index in [-0.39, 0.29) is 34.6 Å². The molecule has 0 saturated heterocycles. The third-order valence-corrected chi connectivity index (χ3v) is 9.45. The highest BCUT2D eigenvalue weighted by atomic mass is 15.1. The van der Waals surface area contributed by atoms with E-state index in [0.717, 1.165) is 5.39 Å². The molecule has 0 bridgehead atoms. The first-order valence-electron chi connectivity index (χ1n) is 24.4. The number of benzene rings is 9. The van der Waals surface area contributed by atoms with Crippen molar-refractivity contribution in [2.24, 2.45) is 0 Å². The van der Waals surface area contributed by atoms with Crippen LogP contribution in [-0.4, -0.2) is 9.55 Å². The molecule has 248 valence electrons. The van der Waals surface area contributed by atoms with Crippen molar-refractivity contribution >= 4 is 32.6 Å². The molecule has 0 fully saturated rings. The molecule has 0 aliphatic rings. The SMILES string of the molecule is [2H]c1c([2H])c([2H])c(-c2cccc(-c3c4ccccc4c(-c4ccccc4-n4c(-c5c([2H])c([2H])c([2H])c([2H])c5[2H])nc5ccccc54)c4ccc(-c5c([2H])c([2H])c([2H])c([2H])c5[2H])cc34)c2)c([2H])c1[2H]. The number of nitrogens with zero attached hydrogens (tertiary/aromatic N) is 2. The molecule has 0 amide bonds. The van der Waals surface area contributed by atoms with Crippen molar-refractivity contribution < 1.29 is 20.6 Å². The Morgan fingerprint density at radius 2 is 0.962 bits per heavy atom. The minimum absolute atomic E-state index is 0.0132. The van der Waals surface area contributed by atoms with Crippen LogP contribution < -0.4 is 0 Å². The van der Waals surface area contributed by atoms with Crippen LogP contribution in [0.1, 0.15) is 20.6 Å². The van der Waals surface area contributed by atoms with Gasteiger partial charge in [-0.2, -0.15) is 0 Å². The van der Waals surface area contributed by atoms with Crippen LogP contribution in [0.15, 0.2) is 206 Å². The maximum absolute atomic E-state index is 8.99. The molecule has 0 aliphatic heterocycles. The van der Waals surface area contributed by atoms with Gasteiger partial charge >= 0.3 is 0 Å². The van der Waals surface area contributed by atoms with Crippen molar-refractivity contribution in [2.75, 3.05) is 0 Å². The molecule has 10 rings (SSSR count). The minimum atomic E-state index is -0.535. The first-order valence-corrected chi connectivity index (χ1v) is 16.9. The number of para-hydroxylation sites is 3. The van der Waals surface area contributed by atoms with Gasteiger partial charge in [0.15, 0.2) is 0 Å². The predicted molar refractivity (Wildman–Crippen MR) is 223 cm³/mol. The van der Waals surface area contributed by atoms with E-state index in [2.05, 4.69) is 0 Å². The lowest BCUT2D eigenvalue weighted by Gasteiger charge is -2.21. The molecule has 0 unspecified atom stereocenters. The lowest BCUT2D eigenvalue weighted by molar-refractivity contribution is 1.10. The number of rotatable bonds is 6. The van der Waals surface area contributed by atoms with Gasteiger partial charge in [0.05, 0.1) is 37.3 Å². The van der Waals surface area contributed by atoms with Gasteiger partial charge in [0.1, 0.15) is 5.82 Å². The lowest BCUT2D eigenvalue weighted by Crippen LogP contribution is -2.01. The highest BCUT2D eigenvalue weighted by Crippen LogP contribution is 2.47. The largest absolute Gasteiger partial charge is 0.292 e. The van der Waals surface area contributed by atoms with Crippen LogP contribution in [0.25, 0.3) is 94.2 Å². The summed E-state index contributed by atoms with van der Waals surface area (Å²) in [4.78, 5) is 4.90. The average Bonchev–Trinajstić information content (AvgIpc) is 3.73. The third-order valence-electron chi connectivity index (χ3n) is 9.45. The van der Waals surface area contributed by atoms with Crippen LogP contribution in [-0.2, 0) is 0 Å². The van der Waals surface area contributed by atoms with Crippen molar-refractivity contribution in [1.82, 2.24) is 9.55 Å². The van der Waals surface area contributed by atoms with E-state index in [1.165, 1.54) is 0 Å². The molecular weight excluding hydrogens is 641 g/mol. The second-order valence-corrected chi connectivity index (χ2v) is 12.4. The molecule has 53 heavy (non-hydrogen) atoms. The number of hydrogen-bond donors (Lipinski definition) is 0. The Labute approximate surface area is 330 Å². The summed E-state index contributed by atoms with van der Waals surface area (Å²) in [6, 6.07) is 27.8. The molecule has 0 saturated carbocycles. The van der Waals surface area contributed by atoms with Crippen LogP contribution >= 0.6 is 0 Å². The van der Waals surface area contributed by atoms with Crippen molar-refractivity contribution in [3.63, 3.8) is 0 Å². The summed E-state index contributed by atoms with van der Waals surface area (Å²) in [5.74, 6) is 0.119. The van der Waals surface area contributed by atoms with E-state index >= 15 is 0 Å². The van der Waals surface area contributed by atoms with Gasteiger partial charge in [-0.15, -0.1) is 0 Å². The molecule has 0 N–H and O–H groups in total. The van der Waals surface area contributed by atoms with Crippen molar-refractivity contribution in [3.8, 4) is 61.6 Å². The fourth-order valence-corrected chi connectivity index (χ4v) is 7.23. The van der Waals surface area contributed by atoms with Crippen molar-refractivity contribution in [2.45, 2.75) is 0 Å². The normalized spacial score (nSPS) is 15.4. The summed E-state index contributed by atoms with van der Waals surface area (Å²) in [7, 11) is 0. The Bertz CT molecular complexity index is 3740. The van der Waals surface area contributed by atoms with E-state index in [9.17, 15) is 0 Å². The molecule has 1 aromatic heterocycles.